The Labute approximate surface area is 122 Å². The lowest BCUT2D eigenvalue weighted by Gasteiger charge is -2.11. The van der Waals surface area contributed by atoms with E-state index >= 15 is 0 Å². The summed E-state index contributed by atoms with van der Waals surface area (Å²) in [6.07, 6.45) is 1.57. The molecule has 0 spiro atoms. The summed E-state index contributed by atoms with van der Waals surface area (Å²) in [5, 5.41) is 3.45. The summed E-state index contributed by atoms with van der Waals surface area (Å²) in [6, 6.07) is 4.72. The highest BCUT2D eigenvalue weighted by Crippen LogP contribution is 2.24. The molecule has 1 heterocycles. The topological polar surface area (TPSA) is 120 Å². The minimum absolute atomic E-state index is 0.0627. The molecule has 2 rings (SSSR count). The summed E-state index contributed by atoms with van der Waals surface area (Å²) in [4.78, 5) is 3.88. The van der Waals surface area contributed by atoms with E-state index in [2.05, 4.69) is 14.9 Å². The summed E-state index contributed by atoms with van der Waals surface area (Å²) in [5.41, 5.74) is 6.31. The van der Waals surface area contributed by atoms with Crippen LogP contribution in [0, 0.1) is 0 Å². The van der Waals surface area contributed by atoms with E-state index in [0.29, 0.717) is 18.9 Å². The number of hydrogen-bond acceptors (Lipinski definition) is 7. The molecule has 3 N–H and O–H groups in total. The third-order valence-corrected chi connectivity index (χ3v) is 4.29. The predicted molar refractivity (Wildman–Crippen MR) is 74.1 cm³/mol. The zero-order valence-corrected chi connectivity index (χ0v) is 12.3. The molecule has 8 nitrogen and oxygen atoms in total. The van der Waals surface area contributed by atoms with E-state index in [0.717, 1.165) is 5.56 Å². The molecule has 0 atom stereocenters. The number of rotatable bonds is 7. The van der Waals surface area contributed by atoms with Gasteiger partial charge in [-0.15, -0.1) is 0 Å². The van der Waals surface area contributed by atoms with E-state index in [1.54, 1.807) is 12.1 Å². The van der Waals surface area contributed by atoms with Gasteiger partial charge >= 0.3 is 0 Å². The third-order valence-electron chi connectivity index (χ3n) is 2.79. The lowest BCUT2D eigenvalue weighted by atomic mass is 10.2. The van der Waals surface area contributed by atoms with Crippen LogP contribution in [0.4, 0.5) is 0 Å². The Morgan fingerprint density at radius 2 is 2.24 bits per heavy atom. The molecule has 1 aromatic carbocycles. The van der Waals surface area contributed by atoms with E-state index in [-0.39, 0.29) is 17.2 Å². The zero-order chi connectivity index (χ0) is 15.3. The first-order valence-electron chi connectivity index (χ1n) is 6.19. The van der Waals surface area contributed by atoms with Crippen LogP contribution in [0.15, 0.2) is 33.9 Å². The van der Waals surface area contributed by atoms with Gasteiger partial charge in [-0.05, 0) is 17.7 Å². The fourth-order valence-corrected chi connectivity index (χ4v) is 2.92. The van der Waals surface area contributed by atoms with Gasteiger partial charge in [0.2, 0.25) is 15.9 Å². The summed E-state index contributed by atoms with van der Waals surface area (Å²) >= 11 is 0. The van der Waals surface area contributed by atoms with Crippen molar-refractivity contribution in [2.24, 2.45) is 5.73 Å². The zero-order valence-electron chi connectivity index (χ0n) is 11.4. The van der Waals surface area contributed by atoms with Gasteiger partial charge in [0.15, 0.2) is 6.33 Å². The van der Waals surface area contributed by atoms with Crippen LogP contribution in [0.2, 0.25) is 0 Å². The number of nitrogens with one attached hydrogen (secondary N) is 1. The number of hydrogen-bond donors (Lipinski definition) is 2. The van der Waals surface area contributed by atoms with E-state index in [1.807, 2.05) is 0 Å². The molecule has 114 valence electrons. The lowest BCUT2D eigenvalue weighted by molar-refractivity contribution is 0.377. The van der Waals surface area contributed by atoms with Gasteiger partial charge in [0.1, 0.15) is 10.6 Å². The quantitative estimate of drug-likeness (QED) is 0.741. The molecule has 0 saturated heterocycles. The predicted octanol–water partition coefficient (Wildman–Crippen LogP) is 0.0579. The second-order valence-electron chi connectivity index (χ2n) is 4.17. The van der Waals surface area contributed by atoms with Crippen molar-refractivity contribution in [3.05, 3.63) is 36.0 Å². The largest absolute Gasteiger partial charge is 0.495 e. The van der Waals surface area contributed by atoms with E-state index in [4.69, 9.17) is 15.0 Å². The molecule has 1 aromatic heterocycles. The molecule has 0 aliphatic rings. The normalized spacial score (nSPS) is 11.5. The maximum atomic E-state index is 12.3. The highest BCUT2D eigenvalue weighted by atomic mass is 32.2. The molecule has 0 amide bonds. The number of aromatic nitrogens is 2. The van der Waals surface area contributed by atoms with Crippen LogP contribution in [0.1, 0.15) is 11.5 Å². The summed E-state index contributed by atoms with van der Waals surface area (Å²) in [7, 11) is -2.28. The number of ether oxygens (including phenoxy) is 1. The lowest BCUT2D eigenvalue weighted by Crippen LogP contribution is -2.26. The molecular weight excluding hydrogens is 296 g/mol. The number of benzene rings is 1. The Bertz CT molecular complexity index is 685. The fraction of sp³-hybridized carbons (Fsp3) is 0.333. The molecule has 2 aromatic rings. The van der Waals surface area contributed by atoms with Crippen LogP contribution in [-0.2, 0) is 23.0 Å². The van der Waals surface area contributed by atoms with Crippen LogP contribution in [-0.4, -0.2) is 32.2 Å². The molecular formula is C12H16N4O4S. The second kappa shape index (κ2) is 6.66. The van der Waals surface area contributed by atoms with Gasteiger partial charge in [-0.1, -0.05) is 11.2 Å². The van der Waals surface area contributed by atoms with Crippen LogP contribution >= 0.6 is 0 Å². The monoisotopic (exact) mass is 312 g/mol. The Kier molecular flexibility index (Phi) is 4.89. The van der Waals surface area contributed by atoms with Gasteiger partial charge in [-0.25, -0.2) is 13.1 Å². The minimum Gasteiger partial charge on any atom is -0.495 e. The Morgan fingerprint density at radius 1 is 1.43 bits per heavy atom. The number of nitrogens with zero attached hydrogens (tertiary/aromatic N) is 2. The van der Waals surface area contributed by atoms with E-state index in [1.165, 1.54) is 19.5 Å². The van der Waals surface area contributed by atoms with Gasteiger partial charge < -0.3 is 15.0 Å². The van der Waals surface area contributed by atoms with E-state index in [9.17, 15) is 8.42 Å². The smallest absolute Gasteiger partial charge is 0.244 e. The maximum Gasteiger partial charge on any atom is 0.244 e. The van der Waals surface area contributed by atoms with Gasteiger partial charge in [0, 0.05) is 19.5 Å². The van der Waals surface area contributed by atoms with Crippen molar-refractivity contribution in [1.29, 1.82) is 0 Å². The van der Waals surface area contributed by atoms with Crippen molar-refractivity contribution in [2.75, 3.05) is 13.7 Å². The van der Waals surface area contributed by atoms with Gasteiger partial charge in [0.05, 0.1) is 7.11 Å². The molecule has 0 bridgehead atoms. The van der Waals surface area contributed by atoms with Crippen molar-refractivity contribution in [3.8, 4) is 5.75 Å². The van der Waals surface area contributed by atoms with Crippen molar-refractivity contribution in [2.45, 2.75) is 17.9 Å². The molecule has 0 unspecified atom stereocenters. The minimum atomic E-state index is -3.69. The molecule has 0 saturated carbocycles. The number of nitrogens with two attached hydrogens (primary N) is 1. The molecule has 0 aliphatic heterocycles. The van der Waals surface area contributed by atoms with Gasteiger partial charge in [-0.2, -0.15) is 4.98 Å². The number of sulfonamides is 1. The summed E-state index contributed by atoms with van der Waals surface area (Å²) in [5.74, 6) is 0.617. The van der Waals surface area contributed by atoms with Crippen molar-refractivity contribution >= 4 is 10.0 Å². The summed E-state index contributed by atoms with van der Waals surface area (Å²) in [6.45, 7) is 0.452. The molecule has 9 heteroatoms. The average molecular weight is 312 g/mol. The molecule has 0 radical (unpaired) electrons. The van der Waals surface area contributed by atoms with Crippen molar-refractivity contribution < 1.29 is 17.7 Å². The van der Waals surface area contributed by atoms with Gasteiger partial charge in [-0.3, -0.25) is 0 Å². The van der Waals surface area contributed by atoms with E-state index < -0.39 is 10.0 Å². The molecule has 21 heavy (non-hydrogen) atoms. The highest BCUT2D eigenvalue weighted by molar-refractivity contribution is 7.89. The first-order chi connectivity index (χ1) is 10.1. The van der Waals surface area contributed by atoms with Crippen LogP contribution in [0.25, 0.3) is 0 Å². The standard InChI is InChI=1S/C12H16N4O4S/c1-19-10-6-9(7-13)2-3-11(10)21(17,18)16-5-4-12-14-8-15-20-12/h2-3,6,8,16H,4-5,7,13H2,1H3. The number of methoxy groups -OCH3 is 1. The maximum absolute atomic E-state index is 12.3. The third kappa shape index (κ3) is 3.78. The Morgan fingerprint density at radius 3 is 2.86 bits per heavy atom. The Balaban J connectivity index is 2.11. The first kappa shape index (κ1) is 15.4. The fourth-order valence-electron chi connectivity index (χ4n) is 1.74. The molecule has 0 aliphatic carbocycles. The SMILES string of the molecule is COc1cc(CN)ccc1S(=O)(=O)NCCc1ncno1. The first-order valence-corrected chi connectivity index (χ1v) is 7.67. The second-order valence-corrected chi connectivity index (χ2v) is 5.91. The van der Waals surface area contributed by atoms with Crippen molar-refractivity contribution in [1.82, 2.24) is 14.9 Å². The average Bonchev–Trinajstić information content (AvgIpc) is 2.99. The summed E-state index contributed by atoms with van der Waals surface area (Å²) < 4.78 is 36.9. The van der Waals surface area contributed by atoms with Crippen molar-refractivity contribution in [3.63, 3.8) is 0 Å². The van der Waals surface area contributed by atoms with Crippen LogP contribution in [0.5, 0.6) is 5.75 Å². The van der Waals surface area contributed by atoms with Crippen LogP contribution < -0.4 is 15.2 Å². The highest BCUT2D eigenvalue weighted by Gasteiger charge is 2.19. The van der Waals surface area contributed by atoms with Crippen LogP contribution in [0.3, 0.4) is 0 Å². The van der Waals surface area contributed by atoms with Gasteiger partial charge in [0.25, 0.3) is 0 Å². The molecule has 0 fully saturated rings. The Hall–Kier alpha value is -1.97.